The van der Waals surface area contributed by atoms with Crippen LogP contribution in [0.4, 0.5) is 4.39 Å². The van der Waals surface area contributed by atoms with E-state index in [1.165, 1.54) is 6.08 Å². The van der Waals surface area contributed by atoms with E-state index in [2.05, 4.69) is 6.58 Å². The first-order valence-electron chi connectivity index (χ1n) is 4.56. The van der Waals surface area contributed by atoms with Crippen molar-refractivity contribution >= 4 is 0 Å². The van der Waals surface area contributed by atoms with Crippen molar-refractivity contribution in [3.63, 3.8) is 0 Å². The van der Waals surface area contributed by atoms with E-state index in [0.29, 0.717) is 12.9 Å². The van der Waals surface area contributed by atoms with Crippen molar-refractivity contribution in [3.05, 3.63) is 36.7 Å². The van der Waals surface area contributed by atoms with Gasteiger partial charge in [0.05, 0.1) is 6.33 Å². The molecule has 2 N–H and O–H groups in total. The summed E-state index contributed by atoms with van der Waals surface area (Å²) in [7, 11) is 0. The first-order valence-corrected chi connectivity index (χ1v) is 4.56. The van der Waals surface area contributed by atoms with Crippen LogP contribution in [0.1, 0.15) is 19.8 Å². The van der Waals surface area contributed by atoms with Crippen molar-refractivity contribution in [2.75, 3.05) is 6.54 Å². The van der Waals surface area contributed by atoms with Gasteiger partial charge in [-0.15, -0.1) is 6.58 Å². The lowest BCUT2D eigenvalue weighted by molar-refractivity contribution is 0.657. The average molecular weight is 183 g/mol. The number of hydrogen-bond donors (Lipinski definition) is 1. The van der Waals surface area contributed by atoms with Gasteiger partial charge in [0.1, 0.15) is 0 Å². The van der Waals surface area contributed by atoms with Crippen molar-refractivity contribution in [1.29, 1.82) is 0 Å². The summed E-state index contributed by atoms with van der Waals surface area (Å²) in [5, 5.41) is 0. The van der Waals surface area contributed by atoms with E-state index in [-0.39, 0.29) is 5.92 Å². The van der Waals surface area contributed by atoms with Gasteiger partial charge in [0.2, 0.25) is 0 Å². The monoisotopic (exact) mass is 183 g/mol. The molecular weight excluding hydrogens is 165 g/mol. The molecule has 0 saturated carbocycles. The average Bonchev–Trinajstić information content (AvgIpc) is 2.14. The van der Waals surface area contributed by atoms with E-state index in [0.717, 1.165) is 18.4 Å². The van der Waals surface area contributed by atoms with Gasteiger partial charge in [0, 0.05) is 0 Å². The first kappa shape index (κ1) is 12.1. The number of rotatable bonds is 6. The van der Waals surface area contributed by atoms with Gasteiger partial charge in [-0.3, -0.25) is 0 Å². The number of hydrogen-bond acceptors (Lipinski definition) is 1. The van der Waals surface area contributed by atoms with E-state index in [1.807, 2.05) is 19.1 Å². The molecule has 0 aliphatic carbocycles. The maximum Gasteiger partial charge on any atom is 0.0869 e. The molecule has 0 radical (unpaired) electrons. The zero-order chi connectivity index (χ0) is 10.1. The molecule has 1 atom stereocenters. The number of nitrogens with two attached hydrogens (primary N) is 1. The fraction of sp³-hybridized carbons (Fsp3) is 0.455. The second-order valence-electron chi connectivity index (χ2n) is 2.92. The van der Waals surface area contributed by atoms with Crippen molar-refractivity contribution < 1.29 is 4.39 Å². The molecule has 1 unspecified atom stereocenters. The highest BCUT2D eigenvalue weighted by Gasteiger charge is 2.02. The van der Waals surface area contributed by atoms with Crippen LogP contribution in [-0.2, 0) is 0 Å². The lowest BCUT2D eigenvalue weighted by atomic mass is 9.99. The summed E-state index contributed by atoms with van der Waals surface area (Å²) in [4.78, 5) is 0. The molecule has 0 bridgehead atoms. The summed E-state index contributed by atoms with van der Waals surface area (Å²) < 4.78 is 11.9. The maximum absolute atomic E-state index is 11.9. The fourth-order valence-electron chi connectivity index (χ4n) is 1.13. The van der Waals surface area contributed by atoms with Gasteiger partial charge in [-0.25, -0.2) is 4.39 Å². The van der Waals surface area contributed by atoms with E-state index in [4.69, 9.17) is 5.73 Å². The molecule has 0 rings (SSSR count). The zero-order valence-corrected chi connectivity index (χ0v) is 8.17. The molecule has 0 amide bonds. The second-order valence-corrected chi connectivity index (χ2v) is 2.92. The molecule has 2 heteroatoms. The molecule has 0 spiro atoms. The minimum absolute atomic E-state index is 0.244. The van der Waals surface area contributed by atoms with Crippen molar-refractivity contribution in [1.82, 2.24) is 0 Å². The summed E-state index contributed by atoms with van der Waals surface area (Å²) >= 11 is 0. The predicted molar refractivity (Wildman–Crippen MR) is 56.0 cm³/mol. The van der Waals surface area contributed by atoms with Crippen LogP contribution < -0.4 is 5.73 Å². The van der Waals surface area contributed by atoms with Crippen LogP contribution in [0.15, 0.2) is 36.7 Å². The van der Waals surface area contributed by atoms with E-state index in [9.17, 15) is 4.39 Å². The van der Waals surface area contributed by atoms with Gasteiger partial charge in [-0.1, -0.05) is 19.1 Å². The molecule has 0 aromatic rings. The molecule has 1 nitrogen and oxygen atoms in total. The fourth-order valence-corrected chi connectivity index (χ4v) is 1.13. The Kier molecular flexibility index (Phi) is 7.21. The highest BCUT2D eigenvalue weighted by atomic mass is 19.1. The van der Waals surface area contributed by atoms with Crippen LogP contribution >= 0.6 is 0 Å². The Bertz CT molecular complexity index is 194. The van der Waals surface area contributed by atoms with Crippen molar-refractivity contribution in [3.8, 4) is 0 Å². The highest BCUT2D eigenvalue weighted by Crippen LogP contribution is 2.14. The Morgan fingerprint density at radius 1 is 1.62 bits per heavy atom. The standard InChI is InChI=1S/C11H18FN/c1-3-5-11(6-7-12)8-10(4-2)9-13/h4-7,10H,2-3,8-9,13H2,1H3/b7-6-,11-5+. The van der Waals surface area contributed by atoms with Gasteiger partial charge < -0.3 is 5.73 Å². The molecule has 0 fully saturated rings. The minimum Gasteiger partial charge on any atom is -0.330 e. The normalized spacial score (nSPS) is 14.8. The lowest BCUT2D eigenvalue weighted by Gasteiger charge is -2.09. The molecule has 13 heavy (non-hydrogen) atoms. The largest absolute Gasteiger partial charge is 0.330 e. The molecule has 0 aromatic heterocycles. The zero-order valence-electron chi connectivity index (χ0n) is 8.17. The van der Waals surface area contributed by atoms with Crippen LogP contribution in [0.3, 0.4) is 0 Å². The molecule has 0 aliphatic heterocycles. The SMILES string of the molecule is C=CC(CN)CC(/C=C\F)=C/CC. The Morgan fingerprint density at radius 3 is 2.69 bits per heavy atom. The summed E-state index contributed by atoms with van der Waals surface area (Å²) in [5.41, 5.74) is 6.49. The van der Waals surface area contributed by atoms with Crippen LogP contribution in [0, 0.1) is 5.92 Å². The van der Waals surface area contributed by atoms with E-state index < -0.39 is 0 Å². The Hall–Kier alpha value is -0.890. The second kappa shape index (κ2) is 7.74. The number of halogens is 1. The van der Waals surface area contributed by atoms with Crippen LogP contribution in [0.2, 0.25) is 0 Å². The minimum atomic E-state index is 0.244. The van der Waals surface area contributed by atoms with Gasteiger partial charge in [-0.05, 0) is 37.0 Å². The first-order chi connectivity index (χ1) is 6.28. The van der Waals surface area contributed by atoms with Crippen LogP contribution in [0.5, 0.6) is 0 Å². The molecule has 0 aliphatic rings. The summed E-state index contributed by atoms with van der Waals surface area (Å²) in [6.07, 6.45) is 7.55. The van der Waals surface area contributed by atoms with Crippen molar-refractivity contribution in [2.24, 2.45) is 11.7 Å². The maximum atomic E-state index is 11.9. The Balaban J connectivity index is 4.23. The predicted octanol–water partition coefficient (Wildman–Crippen LogP) is 2.96. The van der Waals surface area contributed by atoms with Gasteiger partial charge in [0.25, 0.3) is 0 Å². The lowest BCUT2D eigenvalue weighted by Crippen LogP contribution is -2.12. The summed E-state index contributed by atoms with van der Waals surface area (Å²) in [6, 6.07) is 0. The van der Waals surface area contributed by atoms with Gasteiger partial charge >= 0.3 is 0 Å². The summed E-state index contributed by atoms with van der Waals surface area (Å²) in [6.45, 7) is 6.27. The quantitative estimate of drug-likeness (QED) is 0.497. The molecule has 0 aromatic carbocycles. The van der Waals surface area contributed by atoms with E-state index in [1.54, 1.807) is 0 Å². The molecule has 74 valence electrons. The van der Waals surface area contributed by atoms with Crippen molar-refractivity contribution in [2.45, 2.75) is 19.8 Å². The third kappa shape index (κ3) is 5.36. The van der Waals surface area contributed by atoms with Gasteiger partial charge in [-0.2, -0.15) is 0 Å². The molecular formula is C11H18FN. The van der Waals surface area contributed by atoms with Crippen LogP contribution in [0.25, 0.3) is 0 Å². The number of allylic oxidation sites excluding steroid dienone is 3. The summed E-state index contributed by atoms with van der Waals surface area (Å²) in [5.74, 6) is 0.244. The van der Waals surface area contributed by atoms with E-state index >= 15 is 0 Å². The molecule has 0 heterocycles. The third-order valence-corrected chi connectivity index (χ3v) is 1.88. The smallest absolute Gasteiger partial charge is 0.0869 e. The molecule has 0 saturated heterocycles. The van der Waals surface area contributed by atoms with Gasteiger partial charge in [0.15, 0.2) is 0 Å². The highest BCUT2D eigenvalue weighted by molar-refractivity contribution is 5.18. The Labute approximate surface area is 79.8 Å². The third-order valence-electron chi connectivity index (χ3n) is 1.88. The topological polar surface area (TPSA) is 26.0 Å². The van der Waals surface area contributed by atoms with Crippen LogP contribution in [-0.4, -0.2) is 6.54 Å². The Morgan fingerprint density at radius 2 is 2.31 bits per heavy atom.